The number of aromatic nitrogens is 1. The van der Waals surface area contributed by atoms with Gasteiger partial charge in [-0.25, -0.2) is 0 Å². The summed E-state index contributed by atoms with van der Waals surface area (Å²) in [5.41, 5.74) is 16.4. The van der Waals surface area contributed by atoms with E-state index in [1.54, 1.807) is 24.3 Å². The number of nitrogens with zero attached hydrogens (tertiary/aromatic N) is 2. The summed E-state index contributed by atoms with van der Waals surface area (Å²) >= 11 is 0. The highest BCUT2D eigenvalue weighted by Gasteiger charge is 2.20. The molecular formula is C32H36N6O6. The first kappa shape index (κ1) is 31.7. The van der Waals surface area contributed by atoms with E-state index in [1.807, 2.05) is 39.0 Å². The molecule has 1 atom stereocenters. The molecule has 0 radical (unpaired) electrons. The number of nitrogens with two attached hydrogens (primary N) is 2. The average Bonchev–Trinajstić information content (AvgIpc) is 3.00. The normalized spacial score (nSPS) is 11.5. The van der Waals surface area contributed by atoms with E-state index in [0.717, 1.165) is 22.4 Å². The number of pyridine rings is 1. The second-order valence-electron chi connectivity index (χ2n) is 9.97. The molecule has 0 spiro atoms. The zero-order chi connectivity index (χ0) is 31.8. The summed E-state index contributed by atoms with van der Waals surface area (Å²) in [7, 11) is 0. The van der Waals surface area contributed by atoms with Gasteiger partial charge in [-0.15, -0.1) is 0 Å². The Balaban J connectivity index is 1.60. The number of non-ortho nitro benzene ring substituents is 1. The van der Waals surface area contributed by atoms with Crippen LogP contribution < -0.4 is 31.6 Å². The maximum atomic E-state index is 12.9. The molecule has 0 aliphatic carbocycles. The summed E-state index contributed by atoms with van der Waals surface area (Å²) in [6.07, 6.45) is 2.29. The van der Waals surface area contributed by atoms with Crippen LogP contribution in [0, 0.1) is 10.1 Å². The van der Waals surface area contributed by atoms with Crippen molar-refractivity contribution in [3.8, 4) is 11.5 Å². The molecule has 0 saturated heterocycles. The van der Waals surface area contributed by atoms with E-state index < -0.39 is 16.9 Å². The monoisotopic (exact) mass is 600 g/mol. The molecule has 3 aromatic carbocycles. The Morgan fingerprint density at radius 2 is 1.70 bits per heavy atom. The van der Waals surface area contributed by atoms with Crippen molar-refractivity contribution >= 4 is 39.8 Å². The summed E-state index contributed by atoms with van der Waals surface area (Å²) in [4.78, 5) is 40.2. The van der Waals surface area contributed by atoms with E-state index in [-0.39, 0.29) is 30.1 Å². The lowest BCUT2D eigenvalue weighted by molar-refractivity contribution is -0.384. The predicted octanol–water partition coefficient (Wildman–Crippen LogP) is 4.53. The number of primary amides is 1. The molecule has 12 heteroatoms. The highest BCUT2D eigenvalue weighted by Crippen LogP contribution is 2.38. The minimum atomic E-state index is -0.842. The number of amides is 2. The van der Waals surface area contributed by atoms with Crippen LogP contribution in [0.4, 0.5) is 17.1 Å². The number of nitro groups is 1. The van der Waals surface area contributed by atoms with Gasteiger partial charge in [-0.2, -0.15) is 0 Å². The number of carbonyl (C=O) groups is 2. The summed E-state index contributed by atoms with van der Waals surface area (Å²) in [6, 6.07) is 14.3. The van der Waals surface area contributed by atoms with Crippen molar-refractivity contribution in [3.63, 3.8) is 0 Å². The fourth-order valence-electron chi connectivity index (χ4n) is 4.94. The number of ether oxygens (including phenoxy) is 2. The molecule has 4 rings (SSSR count). The molecule has 1 aromatic heterocycles. The molecule has 230 valence electrons. The van der Waals surface area contributed by atoms with Gasteiger partial charge in [0.2, 0.25) is 5.91 Å². The van der Waals surface area contributed by atoms with Crippen LogP contribution in [0.25, 0.3) is 10.9 Å². The van der Waals surface area contributed by atoms with Gasteiger partial charge in [0.15, 0.2) is 11.5 Å². The van der Waals surface area contributed by atoms with Crippen LogP contribution >= 0.6 is 0 Å². The van der Waals surface area contributed by atoms with Gasteiger partial charge >= 0.3 is 0 Å². The molecule has 44 heavy (non-hydrogen) atoms. The Morgan fingerprint density at radius 1 is 1.02 bits per heavy atom. The third-order valence-electron chi connectivity index (χ3n) is 7.08. The Hall–Kier alpha value is -5.23. The van der Waals surface area contributed by atoms with Gasteiger partial charge in [0.05, 0.1) is 40.9 Å². The van der Waals surface area contributed by atoms with Gasteiger partial charge in [0, 0.05) is 42.0 Å². The topological polar surface area (TPSA) is 185 Å². The quantitative estimate of drug-likeness (QED) is 0.119. The van der Waals surface area contributed by atoms with Gasteiger partial charge in [-0.1, -0.05) is 31.2 Å². The molecular weight excluding hydrogens is 564 g/mol. The Morgan fingerprint density at radius 3 is 2.32 bits per heavy atom. The van der Waals surface area contributed by atoms with Crippen molar-refractivity contribution < 1.29 is 24.0 Å². The maximum absolute atomic E-state index is 12.9. The molecule has 6 N–H and O–H groups in total. The van der Waals surface area contributed by atoms with Crippen molar-refractivity contribution in [2.24, 2.45) is 11.5 Å². The Labute approximate surface area is 254 Å². The number of carbonyl (C=O) groups excluding carboxylic acids is 2. The third kappa shape index (κ3) is 7.21. The molecule has 2 amide bonds. The van der Waals surface area contributed by atoms with Crippen molar-refractivity contribution in [1.82, 2.24) is 10.3 Å². The fourth-order valence-corrected chi connectivity index (χ4v) is 4.94. The first-order chi connectivity index (χ1) is 21.2. The lowest BCUT2D eigenvalue weighted by Crippen LogP contribution is -2.41. The molecule has 0 fully saturated rings. The Kier molecular flexibility index (Phi) is 10.3. The standard InChI is InChI=1S/C32H36N6O6/c1-4-22-20(17-36-32(40)25(33)14-19-10-12-21(13-11-19)38(41)42)8-7-9-26(22)37-30-23-15-28(43-5-2)29(44-6-3)16-27(23)35-18-24(30)31(34)39/h7-13,15-16,18,25H,4-6,14,17,33H2,1-3H3,(H2,34,39)(H,35,37)(H,36,40)/t25-/m1/s1. The second kappa shape index (κ2) is 14.3. The highest BCUT2D eigenvalue weighted by molar-refractivity contribution is 6.08. The van der Waals surface area contributed by atoms with Crippen LogP contribution in [-0.2, 0) is 24.2 Å². The van der Waals surface area contributed by atoms with E-state index >= 15 is 0 Å². The number of benzene rings is 3. The van der Waals surface area contributed by atoms with Gasteiger partial charge in [0.25, 0.3) is 11.6 Å². The fraction of sp³-hybridized carbons (Fsp3) is 0.281. The average molecular weight is 601 g/mol. The maximum Gasteiger partial charge on any atom is 0.269 e. The van der Waals surface area contributed by atoms with E-state index in [9.17, 15) is 19.7 Å². The molecule has 1 heterocycles. The molecule has 0 aliphatic rings. The van der Waals surface area contributed by atoms with Crippen molar-refractivity contribution in [3.05, 3.63) is 93.2 Å². The van der Waals surface area contributed by atoms with Crippen LogP contribution in [0.5, 0.6) is 11.5 Å². The molecule has 0 bridgehead atoms. The molecule has 0 aliphatic heterocycles. The smallest absolute Gasteiger partial charge is 0.269 e. The van der Waals surface area contributed by atoms with Crippen LogP contribution in [0.15, 0.2) is 60.8 Å². The molecule has 4 aromatic rings. The van der Waals surface area contributed by atoms with Crippen LogP contribution in [-0.4, -0.2) is 41.0 Å². The number of rotatable bonds is 14. The van der Waals surface area contributed by atoms with Crippen molar-refractivity contribution in [2.45, 2.75) is 46.2 Å². The minimum absolute atomic E-state index is 0.0277. The number of anilines is 2. The SMILES string of the molecule is CCOc1cc2ncc(C(N)=O)c(Nc3cccc(CNC(=O)[C@H](N)Cc4ccc([N+](=O)[O-])cc4)c3CC)c2cc1OCC. The third-order valence-corrected chi connectivity index (χ3v) is 7.08. The first-order valence-corrected chi connectivity index (χ1v) is 14.3. The van der Waals surface area contributed by atoms with Gasteiger partial charge in [0.1, 0.15) is 0 Å². The van der Waals surface area contributed by atoms with E-state index in [2.05, 4.69) is 15.6 Å². The van der Waals surface area contributed by atoms with Crippen molar-refractivity contribution in [2.75, 3.05) is 18.5 Å². The number of hydrogen-bond acceptors (Lipinski definition) is 9. The highest BCUT2D eigenvalue weighted by atomic mass is 16.6. The molecule has 12 nitrogen and oxygen atoms in total. The van der Waals surface area contributed by atoms with E-state index in [0.29, 0.717) is 47.7 Å². The lowest BCUT2D eigenvalue weighted by Gasteiger charge is -2.20. The number of fused-ring (bicyclic) bond motifs is 1. The first-order valence-electron chi connectivity index (χ1n) is 14.3. The van der Waals surface area contributed by atoms with Crippen LogP contribution in [0.2, 0.25) is 0 Å². The zero-order valence-corrected chi connectivity index (χ0v) is 24.9. The second-order valence-corrected chi connectivity index (χ2v) is 9.97. The number of nitrogens with one attached hydrogen (secondary N) is 2. The summed E-state index contributed by atoms with van der Waals surface area (Å²) < 4.78 is 11.6. The van der Waals surface area contributed by atoms with E-state index in [1.165, 1.54) is 18.3 Å². The summed E-state index contributed by atoms with van der Waals surface area (Å²) in [5.74, 6) is 0.0714. The van der Waals surface area contributed by atoms with Gasteiger partial charge < -0.3 is 31.6 Å². The summed E-state index contributed by atoms with van der Waals surface area (Å²) in [5, 5.41) is 17.8. The van der Waals surface area contributed by atoms with E-state index in [4.69, 9.17) is 20.9 Å². The molecule has 0 saturated carbocycles. The largest absolute Gasteiger partial charge is 0.490 e. The Bertz CT molecular complexity index is 1670. The van der Waals surface area contributed by atoms with Gasteiger partial charge in [-0.3, -0.25) is 24.7 Å². The lowest BCUT2D eigenvalue weighted by atomic mass is 10.0. The number of nitro benzene ring substituents is 1. The number of hydrogen-bond donors (Lipinski definition) is 4. The summed E-state index contributed by atoms with van der Waals surface area (Å²) in [6.45, 7) is 6.83. The van der Waals surface area contributed by atoms with Crippen LogP contribution in [0.1, 0.15) is 47.8 Å². The van der Waals surface area contributed by atoms with Crippen LogP contribution in [0.3, 0.4) is 0 Å². The van der Waals surface area contributed by atoms with Gasteiger partial charge in [-0.05, 0) is 55.5 Å². The molecule has 0 unspecified atom stereocenters. The minimum Gasteiger partial charge on any atom is -0.490 e. The predicted molar refractivity (Wildman–Crippen MR) is 168 cm³/mol. The zero-order valence-electron chi connectivity index (χ0n) is 24.9. The van der Waals surface area contributed by atoms with Crippen molar-refractivity contribution in [1.29, 1.82) is 0 Å².